The van der Waals surface area contributed by atoms with E-state index in [1.165, 1.54) is 6.07 Å². The summed E-state index contributed by atoms with van der Waals surface area (Å²) in [4.78, 5) is 14.0. The fourth-order valence-corrected chi connectivity index (χ4v) is 2.17. The predicted molar refractivity (Wildman–Crippen MR) is 73.4 cm³/mol. The quantitative estimate of drug-likeness (QED) is 0.882. The molecule has 0 aromatic heterocycles. The molecule has 0 aliphatic heterocycles. The van der Waals surface area contributed by atoms with Gasteiger partial charge in [-0.3, -0.25) is 4.79 Å². The fourth-order valence-electron chi connectivity index (χ4n) is 2.17. The van der Waals surface area contributed by atoms with Crippen LogP contribution in [0, 0.1) is 11.7 Å². The number of likely N-dealkylation sites (N-methyl/N-ethyl adjacent to an activating group) is 1. The van der Waals surface area contributed by atoms with Crippen LogP contribution in [0.4, 0.5) is 4.39 Å². The molecule has 104 valence electrons. The highest BCUT2D eigenvalue weighted by atomic mass is 19.1. The van der Waals surface area contributed by atoms with Crippen LogP contribution in [0.2, 0.25) is 0 Å². The summed E-state index contributed by atoms with van der Waals surface area (Å²) in [6.45, 7) is 2.69. The molecule has 1 amide bonds. The largest absolute Gasteiger partial charge is 0.354 e. The summed E-state index contributed by atoms with van der Waals surface area (Å²) in [7, 11) is 3.96. The van der Waals surface area contributed by atoms with Crippen molar-refractivity contribution in [2.45, 2.75) is 25.3 Å². The van der Waals surface area contributed by atoms with E-state index in [-0.39, 0.29) is 23.6 Å². The van der Waals surface area contributed by atoms with Crippen molar-refractivity contribution in [1.29, 1.82) is 0 Å². The third-order valence-corrected chi connectivity index (χ3v) is 3.89. The minimum atomic E-state index is -0.204. The Morgan fingerprint density at radius 2 is 2.16 bits per heavy atom. The molecule has 1 aromatic rings. The van der Waals surface area contributed by atoms with Gasteiger partial charge in [0.25, 0.3) is 0 Å². The van der Waals surface area contributed by atoms with Crippen LogP contribution in [0.1, 0.15) is 24.8 Å². The van der Waals surface area contributed by atoms with Crippen molar-refractivity contribution in [2.24, 2.45) is 5.92 Å². The molecule has 1 aromatic carbocycles. The summed E-state index contributed by atoms with van der Waals surface area (Å²) < 4.78 is 13.6. The lowest BCUT2D eigenvalue weighted by Crippen LogP contribution is -2.38. The first-order valence-corrected chi connectivity index (χ1v) is 6.69. The van der Waals surface area contributed by atoms with Crippen LogP contribution < -0.4 is 5.32 Å². The number of rotatable bonds is 5. The molecule has 19 heavy (non-hydrogen) atoms. The zero-order chi connectivity index (χ0) is 14.0. The van der Waals surface area contributed by atoms with Crippen molar-refractivity contribution in [1.82, 2.24) is 10.2 Å². The lowest BCUT2D eigenvalue weighted by Gasteiger charge is -2.20. The van der Waals surface area contributed by atoms with Crippen LogP contribution in [-0.4, -0.2) is 37.5 Å². The van der Waals surface area contributed by atoms with Gasteiger partial charge in [0.2, 0.25) is 5.91 Å². The van der Waals surface area contributed by atoms with Crippen LogP contribution >= 0.6 is 0 Å². The van der Waals surface area contributed by atoms with Crippen LogP contribution in [0.25, 0.3) is 0 Å². The monoisotopic (exact) mass is 264 g/mol. The first kappa shape index (κ1) is 14.0. The SMILES string of the molecule is C[C@H](CNC(=O)[C@H]1C[C@@H]1c1ccccc1F)N(C)C. The van der Waals surface area contributed by atoms with Crippen molar-refractivity contribution >= 4 is 5.91 Å². The number of nitrogens with one attached hydrogen (secondary N) is 1. The standard InChI is InChI=1S/C15H21FN2O/c1-10(18(2)3)9-17-15(19)13-8-12(13)11-6-4-5-7-14(11)16/h4-7,10,12-13H,8-9H2,1-3H3,(H,17,19)/t10-,12-,13+/m1/s1. The Labute approximate surface area is 113 Å². The molecular weight excluding hydrogens is 243 g/mol. The number of nitrogens with zero attached hydrogens (tertiary/aromatic N) is 1. The lowest BCUT2D eigenvalue weighted by atomic mass is 10.1. The van der Waals surface area contributed by atoms with Gasteiger partial charge >= 0.3 is 0 Å². The highest BCUT2D eigenvalue weighted by Crippen LogP contribution is 2.48. The molecule has 1 fully saturated rings. The van der Waals surface area contributed by atoms with Gasteiger partial charge in [0.15, 0.2) is 0 Å². The van der Waals surface area contributed by atoms with Gasteiger partial charge in [0.1, 0.15) is 5.82 Å². The molecule has 1 aliphatic carbocycles. The van der Waals surface area contributed by atoms with Crippen molar-refractivity contribution < 1.29 is 9.18 Å². The summed E-state index contributed by atoms with van der Waals surface area (Å²) in [6.07, 6.45) is 0.753. The Kier molecular flexibility index (Phi) is 4.20. The van der Waals surface area contributed by atoms with Gasteiger partial charge in [-0.05, 0) is 45.0 Å². The van der Waals surface area contributed by atoms with Gasteiger partial charge in [0.05, 0.1) is 0 Å². The van der Waals surface area contributed by atoms with E-state index < -0.39 is 0 Å². The molecule has 0 heterocycles. The van der Waals surface area contributed by atoms with E-state index >= 15 is 0 Å². The zero-order valence-corrected chi connectivity index (χ0v) is 11.7. The molecule has 1 N–H and O–H groups in total. The molecule has 0 unspecified atom stereocenters. The fraction of sp³-hybridized carbons (Fsp3) is 0.533. The van der Waals surface area contributed by atoms with Crippen LogP contribution in [-0.2, 0) is 4.79 Å². The van der Waals surface area contributed by atoms with Gasteiger partial charge in [-0.25, -0.2) is 4.39 Å². The van der Waals surface area contributed by atoms with Gasteiger partial charge in [-0.1, -0.05) is 18.2 Å². The molecule has 3 nitrogen and oxygen atoms in total. The minimum absolute atomic E-state index is 0.0435. The average molecular weight is 264 g/mol. The number of benzene rings is 1. The van der Waals surface area contributed by atoms with Gasteiger partial charge < -0.3 is 10.2 Å². The maximum atomic E-state index is 13.6. The molecular formula is C15H21FN2O. The second-order valence-corrected chi connectivity index (χ2v) is 5.53. The molecule has 2 rings (SSSR count). The maximum absolute atomic E-state index is 13.6. The number of amides is 1. The van der Waals surface area contributed by atoms with Crippen molar-refractivity contribution in [3.8, 4) is 0 Å². The average Bonchev–Trinajstić information content (AvgIpc) is 3.16. The Morgan fingerprint density at radius 1 is 1.47 bits per heavy atom. The van der Waals surface area contributed by atoms with Crippen molar-refractivity contribution in [2.75, 3.05) is 20.6 Å². The first-order chi connectivity index (χ1) is 9.00. The summed E-state index contributed by atoms with van der Waals surface area (Å²) >= 11 is 0. The smallest absolute Gasteiger partial charge is 0.223 e. The Morgan fingerprint density at radius 3 is 2.79 bits per heavy atom. The van der Waals surface area contributed by atoms with E-state index in [1.807, 2.05) is 20.2 Å². The molecule has 0 radical (unpaired) electrons. The summed E-state index contributed by atoms with van der Waals surface area (Å²) in [5.74, 6) is -0.173. The van der Waals surface area contributed by atoms with Gasteiger partial charge in [-0.15, -0.1) is 0 Å². The van der Waals surface area contributed by atoms with E-state index in [4.69, 9.17) is 0 Å². The topological polar surface area (TPSA) is 32.3 Å². The molecule has 1 saturated carbocycles. The van der Waals surface area contributed by atoms with E-state index in [0.717, 1.165) is 6.42 Å². The number of hydrogen-bond acceptors (Lipinski definition) is 2. The molecule has 0 bridgehead atoms. The number of hydrogen-bond donors (Lipinski definition) is 1. The highest BCUT2D eigenvalue weighted by Gasteiger charge is 2.44. The Balaban J connectivity index is 1.86. The second-order valence-electron chi connectivity index (χ2n) is 5.53. The van der Waals surface area contributed by atoms with Crippen LogP contribution in [0.5, 0.6) is 0 Å². The van der Waals surface area contributed by atoms with Gasteiger partial charge in [0, 0.05) is 18.5 Å². The molecule has 4 heteroatoms. The number of carbonyl (C=O) groups is 1. The Bertz CT molecular complexity index is 461. The second kappa shape index (κ2) is 5.70. The van der Waals surface area contributed by atoms with E-state index in [1.54, 1.807) is 12.1 Å². The van der Waals surface area contributed by atoms with Crippen molar-refractivity contribution in [3.05, 3.63) is 35.6 Å². The van der Waals surface area contributed by atoms with E-state index in [9.17, 15) is 9.18 Å². The van der Waals surface area contributed by atoms with E-state index in [2.05, 4.69) is 17.1 Å². The zero-order valence-electron chi connectivity index (χ0n) is 11.7. The van der Waals surface area contributed by atoms with E-state index in [0.29, 0.717) is 18.2 Å². The first-order valence-electron chi connectivity index (χ1n) is 6.69. The summed E-state index contributed by atoms with van der Waals surface area (Å²) in [5.41, 5.74) is 0.670. The molecule has 1 aliphatic rings. The number of carbonyl (C=O) groups excluding carboxylic acids is 1. The predicted octanol–water partition coefficient (Wildman–Crippen LogP) is 2.00. The van der Waals surface area contributed by atoms with Gasteiger partial charge in [-0.2, -0.15) is 0 Å². The molecule has 0 saturated heterocycles. The highest BCUT2D eigenvalue weighted by molar-refractivity contribution is 5.82. The summed E-state index contributed by atoms with van der Waals surface area (Å²) in [5, 5.41) is 2.94. The van der Waals surface area contributed by atoms with Crippen LogP contribution in [0.3, 0.4) is 0 Å². The molecule has 3 atom stereocenters. The summed E-state index contributed by atoms with van der Waals surface area (Å²) in [6, 6.07) is 7.02. The van der Waals surface area contributed by atoms with Crippen molar-refractivity contribution in [3.63, 3.8) is 0 Å². The normalized spacial score (nSPS) is 23.2. The maximum Gasteiger partial charge on any atom is 0.223 e. The lowest BCUT2D eigenvalue weighted by molar-refractivity contribution is -0.122. The minimum Gasteiger partial charge on any atom is -0.354 e. The third kappa shape index (κ3) is 3.32. The molecule has 0 spiro atoms. The van der Waals surface area contributed by atoms with Crippen LogP contribution in [0.15, 0.2) is 24.3 Å². The number of halogens is 1. The Hall–Kier alpha value is -1.42. The third-order valence-electron chi connectivity index (χ3n) is 3.89.